The molecule has 0 fully saturated rings. The van der Waals surface area contributed by atoms with Crippen molar-refractivity contribution in [3.05, 3.63) is 66.2 Å². The van der Waals surface area contributed by atoms with Gasteiger partial charge in [0.05, 0.1) is 24.3 Å². The Morgan fingerprint density at radius 1 is 1.15 bits per heavy atom. The third-order valence-electron chi connectivity index (χ3n) is 4.23. The normalized spacial score (nSPS) is 12.1. The molecule has 0 aliphatic heterocycles. The highest BCUT2D eigenvalue weighted by Gasteiger charge is 2.20. The first-order valence-electron chi connectivity index (χ1n) is 8.41. The number of nitrogens with one attached hydrogen (secondary N) is 1. The van der Waals surface area contributed by atoms with Crippen LogP contribution < -0.4 is 10.1 Å². The van der Waals surface area contributed by atoms with Gasteiger partial charge in [0.15, 0.2) is 0 Å². The number of carbonyl (C=O) groups excluding carboxylic acids is 1. The van der Waals surface area contributed by atoms with Gasteiger partial charge in [-0.15, -0.1) is 0 Å². The summed E-state index contributed by atoms with van der Waals surface area (Å²) in [7, 11) is 1.60. The van der Waals surface area contributed by atoms with Crippen molar-refractivity contribution in [2.75, 3.05) is 7.11 Å². The molecule has 0 spiro atoms. The van der Waals surface area contributed by atoms with E-state index in [0.717, 1.165) is 5.39 Å². The summed E-state index contributed by atoms with van der Waals surface area (Å²) >= 11 is 0. The maximum Gasteiger partial charge on any atom is 0.251 e. The van der Waals surface area contributed by atoms with Gasteiger partial charge in [-0.3, -0.25) is 4.79 Å². The molecule has 0 saturated carbocycles. The number of hydrogen-bond donors (Lipinski definition) is 1. The van der Waals surface area contributed by atoms with E-state index in [2.05, 4.69) is 15.5 Å². The Hall–Kier alpha value is -3.61. The SMILES string of the molecule is COc1ccc(-c2noc(C(C)NC(=O)c3ccccc3)n2)c2occc12. The minimum Gasteiger partial charge on any atom is -0.496 e. The summed E-state index contributed by atoms with van der Waals surface area (Å²) in [5.74, 6) is 1.19. The van der Waals surface area contributed by atoms with Crippen LogP contribution in [0.25, 0.3) is 22.4 Å². The van der Waals surface area contributed by atoms with Gasteiger partial charge in [0.2, 0.25) is 11.7 Å². The van der Waals surface area contributed by atoms with Gasteiger partial charge in [-0.05, 0) is 37.3 Å². The molecule has 7 heteroatoms. The molecule has 0 bridgehead atoms. The average molecular weight is 363 g/mol. The number of aromatic nitrogens is 2. The van der Waals surface area contributed by atoms with Gasteiger partial charge >= 0.3 is 0 Å². The molecule has 136 valence electrons. The molecule has 0 aliphatic rings. The summed E-state index contributed by atoms with van der Waals surface area (Å²) in [5, 5.41) is 7.71. The van der Waals surface area contributed by atoms with Crippen LogP contribution in [0.5, 0.6) is 5.75 Å². The van der Waals surface area contributed by atoms with Crippen molar-refractivity contribution >= 4 is 16.9 Å². The molecule has 4 rings (SSSR count). The van der Waals surface area contributed by atoms with Crippen molar-refractivity contribution in [2.45, 2.75) is 13.0 Å². The van der Waals surface area contributed by atoms with E-state index in [0.29, 0.717) is 34.2 Å². The van der Waals surface area contributed by atoms with Gasteiger partial charge in [-0.25, -0.2) is 0 Å². The summed E-state index contributed by atoms with van der Waals surface area (Å²) in [6.07, 6.45) is 1.58. The molecule has 0 aliphatic carbocycles. The number of fused-ring (bicyclic) bond motifs is 1. The fourth-order valence-corrected chi connectivity index (χ4v) is 2.84. The fraction of sp³-hybridized carbons (Fsp3) is 0.150. The predicted octanol–water partition coefficient (Wildman–Crippen LogP) is 3.98. The van der Waals surface area contributed by atoms with Crippen molar-refractivity contribution in [1.82, 2.24) is 15.5 Å². The van der Waals surface area contributed by atoms with Crippen LogP contribution in [0, 0.1) is 0 Å². The second-order valence-electron chi connectivity index (χ2n) is 6.00. The summed E-state index contributed by atoms with van der Waals surface area (Å²) in [6.45, 7) is 1.79. The molecule has 2 heterocycles. The van der Waals surface area contributed by atoms with E-state index < -0.39 is 6.04 Å². The van der Waals surface area contributed by atoms with Crippen molar-refractivity contribution in [1.29, 1.82) is 0 Å². The maximum atomic E-state index is 12.3. The van der Waals surface area contributed by atoms with Crippen LogP contribution in [0.1, 0.15) is 29.2 Å². The Kier molecular flexibility index (Phi) is 4.33. The Labute approximate surface area is 154 Å². The van der Waals surface area contributed by atoms with E-state index in [-0.39, 0.29) is 5.91 Å². The number of carbonyl (C=O) groups is 1. The number of nitrogens with zero attached hydrogens (tertiary/aromatic N) is 2. The van der Waals surface area contributed by atoms with E-state index in [4.69, 9.17) is 13.7 Å². The number of hydrogen-bond acceptors (Lipinski definition) is 6. The first-order valence-corrected chi connectivity index (χ1v) is 8.41. The van der Waals surface area contributed by atoms with Gasteiger partial charge in [-0.1, -0.05) is 23.4 Å². The first-order chi connectivity index (χ1) is 13.2. The van der Waals surface area contributed by atoms with E-state index >= 15 is 0 Å². The second-order valence-corrected chi connectivity index (χ2v) is 6.00. The van der Waals surface area contributed by atoms with Crippen LogP contribution in [-0.2, 0) is 0 Å². The van der Waals surface area contributed by atoms with Crippen LogP contribution in [-0.4, -0.2) is 23.2 Å². The number of amides is 1. The second kappa shape index (κ2) is 6.95. The van der Waals surface area contributed by atoms with Crippen LogP contribution in [0.2, 0.25) is 0 Å². The standard InChI is InChI=1S/C20H17N3O4/c1-12(21-19(24)13-6-4-3-5-7-13)20-22-18(23-27-20)15-8-9-16(25-2)14-10-11-26-17(14)15/h3-12H,1-2H3,(H,21,24). The Morgan fingerprint density at radius 3 is 2.74 bits per heavy atom. The molecule has 0 radical (unpaired) electrons. The molecule has 7 nitrogen and oxygen atoms in total. The van der Waals surface area contributed by atoms with E-state index in [9.17, 15) is 4.79 Å². The number of benzene rings is 2. The van der Waals surface area contributed by atoms with E-state index in [1.807, 2.05) is 36.4 Å². The third-order valence-corrected chi connectivity index (χ3v) is 4.23. The summed E-state index contributed by atoms with van der Waals surface area (Å²) in [5.41, 5.74) is 1.87. The Bertz CT molecular complexity index is 1090. The molecule has 1 N–H and O–H groups in total. The van der Waals surface area contributed by atoms with Gasteiger partial charge < -0.3 is 19.0 Å². The lowest BCUT2D eigenvalue weighted by Gasteiger charge is -2.09. The highest BCUT2D eigenvalue weighted by atomic mass is 16.5. The van der Waals surface area contributed by atoms with Crippen LogP contribution in [0.15, 0.2) is 63.7 Å². The fourth-order valence-electron chi connectivity index (χ4n) is 2.84. The molecular formula is C20H17N3O4. The third kappa shape index (κ3) is 3.15. The summed E-state index contributed by atoms with van der Waals surface area (Å²) in [6, 6.07) is 14.0. The number of furan rings is 1. The monoisotopic (exact) mass is 363 g/mol. The quantitative estimate of drug-likeness (QED) is 0.577. The zero-order valence-electron chi connectivity index (χ0n) is 14.8. The minimum atomic E-state index is -0.440. The largest absolute Gasteiger partial charge is 0.496 e. The van der Waals surface area contributed by atoms with E-state index in [1.165, 1.54) is 0 Å². The number of methoxy groups -OCH3 is 1. The molecular weight excluding hydrogens is 346 g/mol. The Morgan fingerprint density at radius 2 is 1.96 bits per heavy atom. The average Bonchev–Trinajstić information content (AvgIpc) is 3.38. The van der Waals surface area contributed by atoms with Crippen molar-refractivity contribution in [2.24, 2.45) is 0 Å². The highest BCUT2D eigenvalue weighted by Crippen LogP contribution is 2.34. The van der Waals surface area contributed by atoms with Crippen molar-refractivity contribution in [3.63, 3.8) is 0 Å². The number of rotatable bonds is 5. The van der Waals surface area contributed by atoms with Gasteiger partial charge in [0.25, 0.3) is 5.91 Å². The maximum absolute atomic E-state index is 12.3. The minimum absolute atomic E-state index is 0.208. The zero-order chi connectivity index (χ0) is 18.8. The van der Waals surface area contributed by atoms with Gasteiger partial charge in [-0.2, -0.15) is 4.98 Å². The summed E-state index contributed by atoms with van der Waals surface area (Å²) in [4.78, 5) is 16.7. The van der Waals surface area contributed by atoms with Gasteiger partial charge in [0, 0.05) is 5.56 Å². The van der Waals surface area contributed by atoms with Gasteiger partial charge in [0.1, 0.15) is 17.4 Å². The molecule has 0 saturated heterocycles. The molecule has 4 aromatic rings. The lowest BCUT2D eigenvalue weighted by Crippen LogP contribution is -2.26. The van der Waals surface area contributed by atoms with Crippen LogP contribution in [0.3, 0.4) is 0 Å². The highest BCUT2D eigenvalue weighted by molar-refractivity contribution is 5.95. The first kappa shape index (κ1) is 16.8. The molecule has 2 aromatic heterocycles. The number of ether oxygens (including phenoxy) is 1. The zero-order valence-corrected chi connectivity index (χ0v) is 14.8. The van der Waals surface area contributed by atoms with E-state index in [1.54, 1.807) is 32.4 Å². The topological polar surface area (TPSA) is 90.4 Å². The molecule has 27 heavy (non-hydrogen) atoms. The molecule has 1 amide bonds. The Balaban J connectivity index is 1.59. The smallest absolute Gasteiger partial charge is 0.251 e. The molecule has 2 aromatic carbocycles. The molecule has 1 unspecified atom stereocenters. The molecule has 1 atom stereocenters. The van der Waals surface area contributed by atoms with Crippen molar-refractivity contribution in [3.8, 4) is 17.1 Å². The van der Waals surface area contributed by atoms with Crippen molar-refractivity contribution < 1.29 is 18.5 Å². The lowest BCUT2D eigenvalue weighted by molar-refractivity contribution is 0.0932. The summed E-state index contributed by atoms with van der Waals surface area (Å²) < 4.78 is 16.3. The van der Waals surface area contributed by atoms with Crippen LogP contribution in [0.4, 0.5) is 0 Å². The lowest BCUT2D eigenvalue weighted by atomic mass is 10.1. The predicted molar refractivity (Wildman–Crippen MR) is 98.4 cm³/mol. The van der Waals surface area contributed by atoms with Crippen LogP contribution >= 0.6 is 0 Å².